The lowest BCUT2D eigenvalue weighted by Gasteiger charge is -2.33. The van der Waals surface area contributed by atoms with E-state index in [9.17, 15) is 14.0 Å². The summed E-state index contributed by atoms with van der Waals surface area (Å²) < 4.78 is 18.2. The molecule has 1 aliphatic heterocycles. The first kappa shape index (κ1) is 14.3. The second kappa shape index (κ2) is 6.36. The molecule has 1 fully saturated rings. The molecule has 0 aliphatic carbocycles. The number of amides is 2. The molecule has 0 bridgehead atoms. The number of para-hydroxylation sites is 1. The summed E-state index contributed by atoms with van der Waals surface area (Å²) in [5.41, 5.74) is 0.103. The van der Waals surface area contributed by atoms with E-state index in [0.29, 0.717) is 13.0 Å². The van der Waals surface area contributed by atoms with Crippen LogP contribution < -0.4 is 5.32 Å². The molecule has 0 radical (unpaired) electrons. The molecule has 1 aromatic rings. The lowest BCUT2D eigenvalue weighted by Crippen LogP contribution is -2.50. The minimum absolute atomic E-state index is 0.103. The number of urea groups is 1. The lowest BCUT2D eigenvalue weighted by molar-refractivity contribution is -0.146. The number of benzene rings is 1. The molecule has 1 atom stereocenters. The van der Waals surface area contributed by atoms with Crippen molar-refractivity contribution in [2.75, 3.05) is 19.0 Å². The van der Waals surface area contributed by atoms with Gasteiger partial charge in [-0.1, -0.05) is 12.1 Å². The van der Waals surface area contributed by atoms with Crippen molar-refractivity contribution >= 4 is 17.7 Å². The predicted molar refractivity (Wildman–Crippen MR) is 71.8 cm³/mol. The van der Waals surface area contributed by atoms with Crippen LogP contribution in [-0.4, -0.2) is 36.6 Å². The number of anilines is 1. The number of ether oxygens (including phenoxy) is 1. The number of nitrogens with zero attached hydrogens (tertiary/aromatic N) is 1. The zero-order chi connectivity index (χ0) is 14.5. The van der Waals surface area contributed by atoms with E-state index in [2.05, 4.69) is 5.32 Å². The van der Waals surface area contributed by atoms with Crippen LogP contribution in [0.3, 0.4) is 0 Å². The average molecular weight is 280 g/mol. The highest BCUT2D eigenvalue weighted by Gasteiger charge is 2.33. The molecule has 108 valence electrons. The topological polar surface area (TPSA) is 58.6 Å². The number of esters is 1. The molecule has 0 spiro atoms. The number of nitrogens with one attached hydrogen (secondary N) is 1. The number of carbonyl (C=O) groups excluding carboxylic acids is 2. The van der Waals surface area contributed by atoms with E-state index in [0.717, 1.165) is 12.8 Å². The summed E-state index contributed by atoms with van der Waals surface area (Å²) in [7, 11) is 1.30. The van der Waals surface area contributed by atoms with Gasteiger partial charge in [-0.3, -0.25) is 0 Å². The summed E-state index contributed by atoms with van der Waals surface area (Å²) in [5.74, 6) is -0.944. The molecule has 1 aromatic carbocycles. The van der Waals surface area contributed by atoms with Gasteiger partial charge in [0.05, 0.1) is 12.8 Å². The third-order valence-electron chi connectivity index (χ3n) is 3.35. The van der Waals surface area contributed by atoms with Crippen LogP contribution in [0.1, 0.15) is 19.3 Å². The summed E-state index contributed by atoms with van der Waals surface area (Å²) >= 11 is 0. The van der Waals surface area contributed by atoms with Crippen LogP contribution in [0, 0.1) is 5.82 Å². The van der Waals surface area contributed by atoms with Gasteiger partial charge in [0.25, 0.3) is 0 Å². The third-order valence-corrected chi connectivity index (χ3v) is 3.35. The van der Waals surface area contributed by atoms with Gasteiger partial charge in [-0.25, -0.2) is 14.0 Å². The molecule has 5 nitrogen and oxygen atoms in total. The van der Waals surface area contributed by atoms with Gasteiger partial charge in [-0.15, -0.1) is 0 Å². The third kappa shape index (κ3) is 3.07. The smallest absolute Gasteiger partial charge is 0.328 e. The Morgan fingerprint density at radius 1 is 1.35 bits per heavy atom. The Balaban J connectivity index is 2.10. The van der Waals surface area contributed by atoms with Crippen molar-refractivity contribution in [3.8, 4) is 0 Å². The maximum atomic E-state index is 13.5. The van der Waals surface area contributed by atoms with Gasteiger partial charge in [0.1, 0.15) is 11.9 Å². The first-order valence-corrected chi connectivity index (χ1v) is 6.53. The zero-order valence-corrected chi connectivity index (χ0v) is 11.3. The van der Waals surface area contributed by atoms with E-state index in [-0.39, 0.29) is 5.69 Å². The van der Waals surface area contributed by atoms with E-state index in [1.54, 1.807) is 12.1 Å². The van der Waals surface area contributed by atoms with Crippen molar-refractivity contribution in [2.24, 2.45) is 0 Å². The highest BCUT2D eigenvalue weighted by molar-refractivity contribution is 5.92. The molecule has 0 aromatic heterocycles. The monoisotopic (exact) mass is 280 g/mol. The Morgan fingerprint density at radius 3 is 2.80 bits per heavy atom. The van der Waals surface area contributed by atoms with Crippen molar-refractivity contribution in [3.05, 3.63) is 30.1 Å². The summed E-state index contributed by atoms with van der Waals surface area (Å²) in [4.78, 5) is 25.3. The number of carbonyl (C=O) groups is 2. The van der Waals surface area contributed by atoms with E-state index < -0.39 is 23.9 Å². The van der Waals surface area contributed by atoms with E-state index >= 15 is 0 Å². The normalized spacial score (nSPS) is 18.5. The van der Waals surface area contributed by atoms with Crippen LogP contribution >= 0.6 is 0 Å². The number of hydrogen-bond donors (Lipinski definition) is 1. The van der Waals surface area contributed by atoms with Gasteiger partial charge >= 0.3 is 12.0 Å². The van der Waals surface area contributed by atoms with E-state index in [1.165, 1.54) is 24.1 Å². The molecule has 2 amide bonds. The molecule has 2 rings (SSSR count). The number of methoxy groups -OCH3 is 1. The number of piperidine rings is 1. The Bertz CT molecular complexity index is 507. The number of rotatable bonds is 2. The van der Waals surface area contributed by atoms with Gasteiger partial charge in [0, 0.05) is 6.54 Å². The van der Waals surface area contributed by atoms with Crippen molar-refractivity contribution in [1.29, 1.82) is 0 Å². The van der Waals surface area contributed by atoms with Crippen LogP contribution in [0.5, 0.6) is 0 Å². The Hall–Kier alpha value is -2.11. The molecular weight excluding hydrogens is 263 g/mol. The van der Waals surface area contributed by atoms with Gasteiger partial charge in [0.2, 0.25) is 0 Å². The second-order valence-electron chi connectivity index (χ2n) is 4.64. The Morgan fingerprint density at radius 2 is 2.10 bits per heavy atom. The largest absolute Gasteiger partial charge is 0.467 e. The van der Waals surface area contributed by atoms with Gasteiger partial charge in [-0.05, 0) is 31.4 Å². The highest BCUT2D eigenvalue weighted by Crippen LogP contribution is 2.20. The molecular formula is C14H17FN2O3. The first-order chi connectivity index (χ1) is 9.63. The fraction of sp³-hybridized carbons (Fsp3) is 0.429. The van der Waals surface area contributed by atoms with Crippen LogP contribution in [-0.2, 0) is 9.53 Å². The van der Waals surface area contributed by atoms with Crippen molar-refractivity contribution in [2.45, 2.75) is 25.3 Å². The van der Waals surface area contributed by atoms with E-state index in [4.69, 9.17) is 4.74 Å². The van der Waals surface area contributed by atoms with E-state index in [1.807, 2.05) is 0 Å². The van der Waals surface area contributed by atoms with Crippen molar-refractivity contribution in [1.82, 2.24) is 4.90 Å². The molecule has 1 heterocycles. The van der Waals surface area contributed by atoms with Crippen LogP contribution in [0.2, 0.25) is 0 Å². The maximum absolute atomic E-state index is 13.5. The molecule has 1 aliphatic rings. The zero-order valence-electron chi connectivity index (χ0n) is 11.3. The Labute approximate surface area is 116 Å². The summed E-state index contributed by atoms with van der Waals surface area (Å²) in [6.45, 7) is 0.458. The SMILES string of the molecule is COC(=O)[C@H]1CCCCN1C(=O)Nc1ccccc1F. The first-order valence-electron chi connectivity index (χ1n) is 6.53. The molecule has 20 heavy (non-hydrogen) atoms. The van der Waals surface area contributed by atoms with Crippen LogP contribution in [0.4, 0.5) is 14.9 Å². The van der Waals surface area contributed by atoms with Gasteiger partial charge in [0.15, 0.2) is 0 Å². The lowest BCUT2D eigenvalue weighted by atomic mass is 10.0. The van der Waals surface area contributed by atoms with Gasteiger partial charge in [-0.2, -0.15) is 0 Å². The van der Waals surface area contributed by atoms with Crippen LogP contribution in [0.25, 0.3) is 0 Å². The Kier molecular flexibility index (Phi) is 4.55. The molecule has 0 saturated carbocycles. The molecule has 1 N–H and O–H groups in total. The fourth-order valence-electron chi connectivity index (χ4n) is 2.31. The minimum atomic E-state index is -0.597. The van der Waals surface area contributed by atoms with Crippen molar-refractivity contribution < 1.29 is 18.7 Å². The molecule has 1 saturated heterocycles. The van der Waals surface area contributed by atoms with Crippen LogP contribution in [0.15, 0.2) is 24.3 Å². The maximum Gasteiger partial charge on any atom is 0.328 e. The molecule has 0 unspecified atom stereocenters. The van der Waals surface area contributed by atoms with Crippen molar-refractivity contribution in [3.63, 3.8) is 0 Å². The number of hydrogen-bond acceptors (Lipinski definition) is 3. The summed E-state index contributed by atoms with van der Waals surface area (Å²) in [6, 6.07) is 4.84. The summed E-state index contributed by atoms with van der Waals surface area (Å²) in [5, 5.41) is 2.49. The molecule has 6 heteroatoms. The van der Waals surface area contributed by atoms with Gasteiger partial charge < -0.3 is 15.0 Å². The minimum Gasteiger partial charge on any atom is -0.467 e. The second-order valence-corrected chi connectivity index (χ2v) is 4.64. The quantitative estimate of drug-likeness (QED) is 0.846. The highest BCUT2D eigenvalue weighted by atomic mass is 19.1. The average Bonchev–Trinajstić information content (AvgIpc) is 2.48. The predicted octanol–water partition coefficient (Wildman–Crippen LogP) is 2.39. The number of halogens is 1. The fourth-order valence-corrected chi connectivity index (χ4v) is 2.31. The summed E-state index contributed by atoms with van der Waals surface area (Å²) in [6.07, 6.45) is 2.25. The standard InChI is InChI=1S/C14H17FN2O3/c1-20-13(18)12-8-4-5-9-17(12)14(19)16-11-7-3-2-6-10(11)15/h2-3,6-7,12H,4-5,8-9H2,1H3,(H,16,19)/t12-/m1/s1. The number of likely N-dealkylation sites (tertiary alicyclic amines) is 1.